The number of amides is 1. The summed E-state index contributed by atoms with van der Waals surface area (Å²) >= 11 is 0. The third-order valence-electron chi connectivity index (χ3n) is 11.5. The quantitative estimate of drug-likeness (QED) is 0.143. The number of unbranched alkanes of at least 4 members (excludes halogenated alkanes) is 1. The van der Waals surface area contributed by atoms with Crippen LogP contribution in [0.5, 0.6) is 0 Å². The van der Waals surface area contributed by atoms with Crippen molar-refractivity contribution in [1.29, 1.82) is 0 Å². The van der Waals surface area contributed by atoms with E-state index in [9.17, 15) is 14.4 Å². The van der Waals surface area contributed by atoms with E-state index >= 15 is 0 Å². The highest BCUT2D eigenvalue weighted by atomic mass is 16.5. The molecule has 0 aromatic heterocycles. The molecule has 0 aromatic rings. The second-order valence-electron chi connectivity index (χ2n) is 14.2. The zero-order chi connectivity index (χ0) is 27.7. The molecule has 0 saturated heterocycles. The van der Waals surface area contributed by atoms with Gasteiger partial charge in [0.25, 0.3) is 5.91 Å². The summed E-state index contributed by atoms with van der Waals surface area (Å²) in [5.74, 6) is 0.703. The van der Waals surface area contributed by atoms with Crippen LogP contribution in [0.25, 0.3) is 0 Å². The van der Waals surface area contributed by atoms with E-state index < -0.39 is 25.0 Å². The van der Waals surface area contributed by atoms with Crippen LogP contribution >= 0.6 is 0 Å². The molecule has 7 unspecified atom stereocenters. The third kappa shape index (κ3) is 5.70. The molecular formula is C32H51NO5. The Morgan fingerprint density at radius 2 is 1.79 bits per heavy atom. The van der Waals surface area contributed by atoms with Gasteiger partial charge in [-0.1, -0.05) is 65.5 Å². The highest BCUT2D eigenvalue weighted by Gasteiger charge is 2.63. The number of nitrogens with one attached hydrogen (secondary N) is 1. The first-order chi connectivity index (χ1) is 17.9. The Labute approximate surface area is 229 Å². The molecule has 2 N–H and O–H groups in total. The number of carboxylic acids is 1. The maximum Gasteiger partial charge on any atom is 0.317 e. The maximum atomic E-state index is 12.4. The van der Waals surface area contributed by atoms with E-state index in [1.165, 1.54) is 56.9 Å². The fourth-order valence-corrected chi connectivity index (χ4v) is 9.56. The fourth-order valence-electron chi connectivity index (χ4n) is 9.56. The van der Waals surface area contributed by atoms with Crippen molar-refractivity contribution in [3.8, 4) is 0 Å². The van der Waals surface area contributed by atoms with E-state index in [0.29, 0.717) is 16.7 Å². The number of ether oxygens (including phenoxy) is 1. The molecule has 3 fully saturated rings. The van der Waals surface area contributed by atoms with Crippen molar-refractivity contribution in [3.05, 3.63) is 11.6 Å². The van der Waals surface area contributed by atoms with E-state index in [2.05, 4.69) is 46.0 Å². The molecule has 7 atom stereocenters. The zero-order valence-electron chi connectivity index (χ0n) is 24.4. The van der Waals surface area contributed by atoms with Crippen LogP contribution < -0.4 is 5.32 Å². The molecule has 1 amide bonds. The lowest BCUT2D eigenvalue weighted by molar-refractivity contribution is -0.154. The average Bonchev–Trinajstić information content (AvgIpc) is 3.17. The van der Waals surface area contributed by atoms with Crippen molar-refractivity contribution in [2.75, 3.05) is 6.61 Å². The molecule has 214 valence electrons. The number of hydrogen-bond donors (Lipinski definition) is 2. The van der Waals surface area contributed by atoms with Crippen LogP contribution in [0.4, 0.5) is 0 Å². The molecule has 6 nitrogen and oxygen atoms in total. The van der Waals surface area contributed by atoms with Gasteiger partial charge in [-0.05, 0) is 97.7 Å². The number of carbonyl (C=O) groups is 3. The number of fused-ring (bicyclic) bond motifs is 5. The number of esters is 1. The molecule has 4 rings (SSSR count). The molecule has 4 aliphatic rings. The molecule has 6 heteroatoms. The fraction of sp³-hybridized carbons (Fsp3) is 0.844. The van der Waals surface area contributed by atoms with Crippen molar-refractivity contribution >= 4 is 17.8 Å². The molecule has 38 heavy (non-hydrogen) atoms. The molecule has 3 saturated carbocycles. The van der Waals surface area contributed by atoms with E-state index in [4.69, 9.17) is 9.84 Å². The second kappa shape index (κ2) is 11.3. The molecule has 0 spiro atoms. The minimum absolute atomic E-state index is 0.0416. The number of carboxylic acid groups (broad SMARTS) is 1. The number of rotatable bonds is 10. The van der Waals surface area contributed by atoms with Crippen molar-refractivity contribution in [2.24, 2.45) is 39.9 Å². The summed E-state index contributed by atoms with van der Waals surface area (Å²) in [5, 5.41) is 11.7. The maximum absolute atomic E-state index is 12.4. The Hall–Kier alpha value is -1.85. The Balaban J connectivity index is 1.38. The molecule has 0 heterocycles. The van der Waals surface area contributed by atoms with Gasteiger partial charge in [0.2, 0.25) is 0 Å². The highest BCUT2D eigenvalue weighted by molar-refractivity contribution is 5.91. The van der Waals surface area contributed by atoms with Crippen LogP contribution in [0, 0.1) is 39.9 Å². The molecule has 0 aromatic carbocycles. The van der Waals surface area contributed by atoms with Gasteiger partial charge < -0.3 is 15.2 Å². The minimum Gasteiger partial charge on any atom is -0.481 e. The largest absolute Gasteiger partial charge is 0.481 e. The smallest absolute Gasteiger partial charge is 0.317 e. The molecule has 0 radical (unpaired) electrons. The SMILES string of the molecule is CC(C)CCCCC1CCC2C1(C)CCC1C3(C)CCC(NC(=O)COC(=O)CC(=O)O)CC3=CCC12C. The summed E-state index contributed by atoms with van der Waals surface area (Å²) in [7, 11) is 0. The summed E-state index contributed by atoms with van der Waals surface area (Å²) in [4.78, 5) is 34.5. The summed E-state index contributed by atoms with van der Waals surface area (Å²) in [6.45, 7) is 12.0. The second-order valence-corrected chi connectivity index (χ2v) is 14.2. The third-order valence-corrected chi connectivity index (χ3v) is 11.5. The first-order valence-corrected chi connectivity index (χ1v) is 15.2. The lowest BCUT2D eigenvalue weighted by Gasteiger charge is -2.63. The summed E-state index contributed by atoms with van der Waals surface area (Å²) in [6, 6.07) is 0.0416. The van der Waals surface area contributed by atoms with Crippen molar-refractivity contribution in [3.63, 3.8) is 0 Å². The Kier molecular flexibility index (Phi) is 8.69. The first kappa shape index (κ1) is 29.1. The van der Waals surface area contributed by atoms with Crippen molar-refractivity contribution in [2.45, 2.75) is 124 Å². The number of carbonyl (C=O) groups excluding carboxylic acids is 2. The van der Waals surface area contributed by atoms with Crippen LogP contribution in [-0.2, 0) is 19.1 Å². The highest BCUT2D eigenvalue weighted by Crippen LogP contribution is 2.71. The van der Waals surface area contributed by atoms with Gasteiger partial charge in [0.1, 0.15) is 6.42 Å². The van der Waals surface area contributed by atoms with E-state index in [-0.39, 0.29) is 17.4 Å². The normalized spacial score (nSPS) is 38.0. The van der Waals surface area contributed by atoms with Gasteiger partial charge in [-0.3, -0.25) is 14.4 Å². The van der Waals surface area contributed by atoms with Crippen LogP contribution in [0.2, 0.25) is 0 Å². The monoisotopic (exact) mass is 529 g/mol. The molecular weight excluding hydrogens is 478 g/mol. The zero-order valence-corrected chi connectivity index (χ0v) is 24.4. The van der Waals surface area contributed by atoms with Crippen LogP contribution in [-0.4, -0.2) is 35.6 Å². The topological polar surface area (TPSA) is 92.7 Å². The Morgan fingerprint density at radius 1 is 1.03 bits per heavy atom. The molecule has 4 aliphatic carbocycles. The number of hydrogen-bond acceptors (Lipinski definition) is 4. The summed E-state index contributed by atoms with van der Waals surface area (Å²) in [5.41, 5.74) is 2.53. The Bertz CT molecular complexity index is 942. The lowest BCUT2D eigenvalue weighted by Crippen LogP contribution is -2.56. The predicted octanol–water partition coefficient (Wildman–Crippen LogP) is 6.67. The predicted molar refractivity (Wildman–Crippen MR) is 148 cm³/mol. The van der Waals surface area contributed by atoms with Gasteiger partial charge >= 0.3 is 11.9 Å². The van der Waals surface area contributed by atoms with Crippen LogP contribution in [0.15, 0.2) is 11.6 Å². The van der Waals surface area contributed by atoms with Crippen molar-refractivity contribution in [1.82, 2.24) is 5.32 Å². The average molecular weight is 530 g/mol. The number of allylic oxidation sites excluding steroid dienone is 1. The number of aliphatic carboxylic acids is 1. The van der Waals surface area contributed by atoms with Gasteiger partial charge in [0.05, 0.1) is 0 Å². The molecule has 0 bridgehead atoms. The summed E-state index contributed by atoms with van der Waals surface area (Å²) in [6.07, 6.45) is 16.8. The lowest BCUT2D eigenvalue weighted by atomic mass is 9.41. The van der Waals surface area contributed by atoms with Gasteiger partial charge in [0.15, 0.2) is 6.61 Å². The van der Waals surface area contributed by atoms with Gasteiger partial charge in [-0.2, -0.15) is 0 Å². The van der Waals surface area contributed by atoms with Crippen LogP contribution in [0.1, 0.15) is 118 Å². The summed E-state index contributed by atoms with van der Waals surface area (Å²) < 4.78 is 4.82. The van der Waals surface area contributed by atoms with E-state index in [1.54, 1.807) is 0 Å². The Morgan fingerprint density at radius 3 is 2.50 bits per heavy atom. The van der Waals surface area contributed by atoms with Crippen LogP contribution in [0.3, 0.4) is 0 Å². The van der Waals surface area contributed by atoms with Crippen molar-refractivity contribution < 1.29 is 24.2 Å². The van der Waals surface area contributed by atoms with E-state index in [1.807, 2.05) is 0 Å². The van der Waals surface area contributed by atoms with Gasteiger partial charge in [-0.15, -0.1) is 0 Å². The minimum atomic E-state index is -1.25. The molecule has 0 aliphatic heterocycles. The van der Waals surface area contributed by atoms with E-state index in [0.717, 1.165) is 43.4 Å². The first-order valence-electron chi connectivity index (χ1n) is 15.2. The van der Waals surface area contributed by atoms with Gasteiger partial charge in [-0.25, -0.2) is 0 Å². The van der Waals surface area contributed by atoms with Gasteiger partial charge in [0, 0.05) is 6.04 Å². The standard InChI is InChI=1S/C32H51NO5/c1-21(2)8-6-7-9-22-10-11-25-30(22,3)17-14-26-31(4)16-13-24(18-23(31)12-15-32(25,26)5)33-27(34)20-38-29(37)19-28(35)36/h12,21-22,24-26H,6-11,13-20H2,1-5H3,(H,33,34)(H,35,36).